The van der Waals surface area contributed by atoms with Crippen LogP contribution in [0.1, 0.15) is 40.2 Å². The molecule has 35 heavy (non-hydrogen) atoms. The first-order valence-electron chi connectivity index (χ1n) is 11.4. The fraction of sp³-hybridized carbons (Fsp3) is 0.222. The molecule has 3 aromatic rings. The number of hydrogen-bond acceptors (Lipinski definition) is 4. The summed E-state index contributed by atoms with van der Waals surface area (Å²) >= 11 is 6.26. The van der Waals surface area contributed by atoms with E-state index in [1.165, 1.54) is 23.1 Å². The number of likely N-dealkylation sites (tertiary alicyclic amines) is 1. The van der Waals surface area contributed by atoms with Gasteiger partial charge in [0.1, 0.15) is 12.6 Å². The molecule has 1 saturated heterocycles. The van der Waals surface area contributed by atoms with Crippen molar-refractivity contribution in [1.82, 2.24) is 4.90 Å². The third-order valence-electron chi connectivity index (χ3n) is 6.59. The number of amides is 2. The Morgan fingerprint density at radius 1 is 1.00 bits per heavy atom. The molecule has 0 radical (unpaired) electrons. The fourth-order valence-electron chi connectivity index (χ4n) is 4.93. The monoisotopic (exact) mass is 490 g/mol. The number of benzene rings is 3. The summed E-state index contributed by atoms with van der Waals surface area (Å²) in [7, 11) is 0. The molecule has 0 bridgehead atoms. The average molecular weight is 491 g/mol. The van der Waals surface area contributed by atoms with Crippen LogP contribution in [0.2, 0.25) is 5.02 Å². The van der Waals surface area contributed by atoms with Gasteiger partial charge < -0.3 is 14.7 Å². The van der Waals surface area contributed by atoms with Crippen LogP contribution in [0.5, 0.6) is 0 Å². The molecule has 1 aliphatic heterocycles. The van der Waals surface area contributed by atoms with Gasteiger partial charge in [-0.1, -0.05) is 60.1 Å². The van der Waals surface area contributed by atoms with Gasteiger partial charge >= 0.3 is 12.1 Å². The molecule has 0 spiro atoms. The van der Waals surface area contributed by atoms with Crippen molar-refractivity contribution >= 4 is 35.3 Å². The summed E-state index contributed by atoms with van der Waals surface area (Å²) in [6, 6.07) is 19.7. The van der Waals surface area contributed by atoms with Crippen LogP contribution in [-0.2, 0) is 9.53 Å². The van der Waals surface area contributed by atoms with E-state index in [1.807, 2.05) is 36.4 Å². The lowest BCUT2D eigenvalue weighted by Gasteiger charge is -2.22. The van der Waals surface area contributed by atoms with E-state index in [9.17, 15) is 19.5 Å². The van der Waals surface area contributed by atoms with Crippen molar-refractivity contribution in [3.63, 3.8) is 0 Å². The molecule has 0 aromatic heterocycles. The van der Waals surface area contributed by atoms with Crippen molar-refractivity contribution < 1.29 is 24.2 Å². The minimum absolute atomic E-state index is 0.0837. The number of anilines is 1. The van der Waals surface area contributed by atoms with Crippen LogP contribution < -0.4 is 5.32 Å². The number of nitrogens with one attached hydrogen (secondary N) is 1. The number of aliphatic carboxylic acids is 1. The summed E-state index contributed by atoms with van der Waals surface area (Å²) in [5.41, 5.74) is 4.94. The maximum absolute atomic E-state index is 12.9. The molecular formula is C27H23ClN2O5. The molecule has 7 nitrogen and oxygen atoms in total. The Bertz CT molecular complexity index is 1280. The van der Waals surface area contributed by atoms with Crippen LogP contribution in [-0.4, -0.2) is 47.2 Å². The lowest BCUT2D eigenvalue weighted by molar-refractivity contribution is -0.141. The Labute approximate surface area is 207 Å². The highest BCUT2D eigenvalue weighted by atomic mass is 35.5. The Hall–Kier alpha value is -3.84. The first kappa shape index (κ1) is 22.9. The first-order valence-corrected chi connectivity index (χ1v) is 11.8. The maximum atomic E-state index is 12.9. The van der Waals surface area contributed by atoms with Gasteiger partial charge in [-0.2, -0.15) is 0 Å². The molecule has 1 fully saturated rings. The summed E-state index contributed by atoms with van der Waals surface area (Å²) in [6.07, 6.45) is 0.351. The molecule has 178 valence electrons. The van der Waals surface area contributed by atoms with E-state index in [2.05, 4.69) is 17.4 Å². The Kier molecular flexibility index (Phi) is 6.17. The molecular weight excluding hydrogens is 468 g/mol. The average Bonchev–Trinajstić information content (AvgIpc) is 3.47. The smallest absolute Gasteiger partial charge is 0.411 e. The van der Waals surface area contributed by atoms with Gasteiger partial charge in [-0.05, 0) is 53.3 Å². The van der Waals surface area contributed by atoms with E-state index < -0.39 is 24.0 Å². The number of carbonyl (C=O) groups is 3. The number of halogens is 1. The van der Waals surface area contributed by atoms with Gasteiger partial charge in [0.25, 0.3) is 5.91 Å². The largest absolute Gasteiger partial charge is 0.480 e. The second kappa shape index (κ2) is 9.43. The van der Waals surface area contributed by atoms with E-state index in [1.54, 1.807) is 0 Å². The van der Waals surface area contributed by atoms with Crippen molar-refractivity contribution in [3.05, 3.63) is 88.4 Å². The highest BCUT2D eigenvalue weighted by molar-refractivity contribution is 6.33. The third-order valence-corrected chi connectivity index (χ3v) is 6.92. The zero-order valence-electron chi connectivity index (χ0n) is 18.7. The van der Waals surface area contributed by atoms with Crippen molar-refractivity contribution in [2.75, 3.05) is 18.5 Å². The molecule has 8 heteroatoms. The van der Waals surface area contributed by atoms with Crippen LogP contribution in [0.15, 0.2) is 66.7 Å². The number of rotatable bonds is 5. The van der Waals surface area contributed by atoms with E-state index in [4.69, 9.17) is 16.3 Å². The number of fused-ring (bicyclic) bond motifs is 3. The third kappa shape index (κ3) is 4.35. The van der Waals surface area contributed by atoms with Crippen LogP contribution in [0.4, 0.5) is 10.5 Å². The molecule has 0 saturated carbocycles. The van der Waals surface area contributed by atoms with E-state index in [-0.39, 0.29) is 28.8 Å². The fourth-order valence-corrected chi connectivity index (χ4v) is 5.10. The number of carbonyl (C=O) groups excluding carboxylic acids is 2. The molecule has 3 aromatic carbocycles. The van der Waals surface area contributed by atoms with Gasteiger partial charge in [-0.15, -0.1) is 0 Å². The van der Waals surface area contributed by atoms with Gasteiger partial charge in [0.05, 0.1) is 10.7 Å². The van der Waals surface area contributed by atoms with Crippen LogP contribution in [0, 0.1) is 0 Å². The van der Waals surface area contributed by atoms with Gasteiger partial charge in [0, 0.05) is 18.0 Å². The Balaban J connectivity index is 1.29. The van der Waals surface area contributed by atoms with Crippen molar-refractivity contribution in [1.29, 1.82) is 0 Å². The predicted molar refractivity (Wildman–Crippen MR) is 132 cm³/mol. The SMILES string of the molecule is O=C(Nc1cc(C(=O)N2CCC[C@@H]2C(=O)O)ccc1Cl)OCC1c2ccccc2-c2ccccc21. The first-order chi connectivity index (χ1) is 16.9. The van der Waals surface area contributed by atoms with E-state index in [0.29, 0.717) is 19.4 Å². The zero-order chi connectivity index (χ0) is 24.5. The standard InChI is InChI=1S/C27H23ClN2O5/c28-22-12-11-16(25(31)30-13-5-10-24(30)26(32)33)14-23(22)29-27(34)35-15-21-19-8-3-1-6-17(19)18-7-2-4-9-20(18)21/h1-4,6-9,11-12,14,21,24H,5,10,13,15H2,(H,29,34)(H,32,33)/t24-/m1/s1. The molecule has 1 atom stereocenters. The van der Waals surface area contributed by atoms with E-state index >= 15 is 0 Å². The number of carboxylic acid groups (broad SMARTS) is 1. The molecule has 2 amide bonds. The molecule has 1 aliphatic carbocycles. The topological polar surface area (TPSA) is 95.9 Å². The van der Waals surface area contributed by atoms with Gasteiger partial charge in [0.15, 0.2) is 0 Å². The number of hydrogen-bond donors (Lipinski definition) is 2. The molecule has 5 rings (SSSR count). The quantitative estimate of drug-likeness (QED) is 0.500. The highest BCUT2D eigenvalue weighted by Gasteiger charge is 2.34. The normalized spacial score (nSPS) is 16.5. The lowest BCUT2D eigenvalue weighted by Crippen LogP contribution is -2.40. The van der Waals surface area contributed by atoms with E-state index in [0.717, 1.165) is 22.3 Å². The number of nitrogens with zero attached hydrogens (tertiary/aromatic N) is 1. The zero-order valence-corrected chi connectivity index (χ0v) is 19.5. The molecule has 0 unspecified atom stereocenters. The predicted octanol–water partition coefficient (Wildman–Crippen LogP) is 5.39. The number of carboxylic acids is 1. The van der Waals surface area contributed by atoms with Gasteiger partial charge in [-0.25, -0.2) is 9.59 Å². The summed E-state index contributed by atoms with van der Waals surface area (Å²) < 4.78 is 5.57. The minimum atomic E-state index is -1.03. The van der Waals surface area contributed by atoms with Gasteiger partial charge in [-0.3, -0.25) is 10.1 Å². The van der Waals surface area contributed by atoms with Crippen LogP contribution >= 0.6 is 11.6 Å². The Morgan fingerprint density at radius 2 is 1.66 bits per heavy atom. The van der Waals surface area contributed by atoms with Gasteiger partial charge in [0.2, 0.25) is 0 Å². The van der Waals surface area contributed by atoms with Crippen LogP contribution in [0.3, 0.4) is 0 Å². The molecule has 2 N–H and O–H groups in total. The van der Waals surface area contributed by atoms with Crippen LogP contribution in [0.25, 0.3) is 11.1 Å². The summed E-state index contributed by atoms with van der Waals surface area (Å²) in [5.74, 6) is -1.52. The molecule has 2 aliphatic rings. The number of ether oxygens (including phenoxy) is 1. The maximum Gasteiger partial charge on any atom is 0.411 e. The van der Waals surface area contributed by atoms with Crippen molar-refractivity contribution in [2.45, 2.75) is 24.8 Å². The van der Waals surface area contributed by atoms with Crippen molar-refractivity contribution in [3.8, 4) is 11.1 Å². The summed E-state index contributed by atoms with van der Waals surface area (Å²) in [5, 5.41) is 12.2. The second-order valence-corrected chi connectivity index (χ2v) is 9.05. The highest BCUT2D eigenvalue weighted by Crippen LogP contribution is 2.44. The summed E-state index contributed by atoms with van der Waals surface area (Å²) in [6.45, 7) is 0.512. The second-order valence-electron chi connectivity index (χ2n) is 8.64. The summed E-state index contributed by atoms with van der Waals surface area (Å²) in [4.78, 5) is 38.4. The van der Waals surface area contributed by atoms with Crippen molar-refractivity contribution in [2.24, 2.45) is 0 Å². The minimum Gasteiger partial charge on any atom is -0.480 e. The lowest BCUT2D eigenvalue weighted by atomic mass is 9.98. The Morgan fingerprint density at radius 3 is 2.31 bits per heavy atom. The molecule has 1 heterocycles.